The molecule has 0 spiro atoms. The number of halogens is 3. The normalized spacial score (nSPS) is 24.6. The van der Waals surface area contributed by atoms with Crippen molar-refractivity contribution in [1.29, 1.82) is 0 Å². The van der Waals surface area contributed by atoms with Gasteiger partial charge in [-0.15, -0.1) is 0 Å². The number of hydrogen-bond donors (Lipinski definition) is 0. The highest BCUT2D eigenvalue weighted by Gasteiger charge is 2.27. The lowest BCUT2D eigenvalue weighted by atomic mass is 9.77. The monoisotopic (exact) mass is 404 g/mol. The van der Waals surface area contributed by atoms with Crippen LogP contribution in [0.15, 0.2) is 22.7 Å². The first-order valence-corrected chi connectivity index (χ1v) is 9.41. The zero-order valence-corrected chi connectivity index (χ0v) is 15.2. The van der Waals surface area contributed by atoms with Crippen LogP contribution in [0.1, 0.15) is 62.3 Å². The first kappa shape index (κ1) is 16.5. The van der Waals surface area contributed by atoms with Crippen molar-refractivity contribution in [3.05, 3.63) is 34.1 Å². The van der Waals surface area contributed by atoms with E-state index in [1.807, 2.05) is 12.1 Å². The molecule has 0 bridgehead atoms. The second-order valence-electron chi connectivity index (χ2n) is 6.00. The summed E-state index contributed by atoms with van der Waals surface area (Å²) in [7, 11) is 0. The van der Waals surface area contributed by atoms with Gasteiger partial charge in [0.25, 0.3) is 0 Å². The van der Waals surface area contributed by atoms with Gasteiger partial charge < -0.3 is 0 Å². The van der Waals surface area contributed by atoms with Gasteiger partial charge >= 0.3 is 0 Å². The molecule has 1 aliphatic rings. The summed E-state index contributed by atoms with van der Waals surface area (Å²) in [4.78, 5) is 0.353. The summed E-state index contributed by atoms with van der Waals surface area (Å²) >= 11 is 7.12. The van der Waals surface area contributed by atoms with Crippen LogP contribution >= 0.6 is 31.9 Å². The van der Waals surface area contributed by atoms with E-state index in [9.17, 15) is 4.39 Å². The molecule has 1 unspecified atom stereocenters. The van der Waals surface area contributed by atoms with Crippen LogP contribution < -0.4 is 0 Å². The first-order valence-electron chi connectivity index (χ1n) is 7.70. The summed E-state index contributed by atoms with van der Waals surface area (Å²) in [5.41, 5.74) is 1.19. The molecule has 0 aliphatic heterocycles. The molecule has 0 aromatic heterocycles. The molecule has 0 nitrogen and oxygen atoms in total. The van der Waals surface area contributed by atoms with E-state index in [1.165, 1.54) is 50.5 Å². The number of benzene rings is 1. The topological polar surface area (TPSA) is 0 Å². The molecule has 0 amide bonds. The SMILES string of the molecule is CCCCC1CCC(C(Br)c2ccc(F)c(Br)c2)CC1. The van der Waals surface area contributed by atoms with E-state index in [-0.39, 0.29) is 5.82 Å². The quantitative estimate of drug-likeness (QED) is 0.461. The van der Waals surface area contributed by atoms with E-state index in [0.29, 0.717) is 15.2 Å². The molecule has 1 aromatic carbocycles. The van der Waals surface area contributed by atoms with Crippen molar-refractivity contribution in [3.8, 4) is 0 Å². The Kier molecular flexibility index (Phi) is 6.54. The van der Waals surface area contributed by atoms with Gasteiger partial charge in [-0.25, -0.2) is 4.39 Å². The molecule has 1 saturated carbocycles. The standard InChI is InChI=1S/C17H23Br2F/c1-2-3-4-12-5-7-13(8-6-12)17(19)14-9-10-16(20)15(18)11-14/h9-13,17H,2-8H2,1H3. The van der Waals surface area contributed by atoms with Crippen molar-refractivity contribution >= 4 is 31.9 Å². The Labute approximate surface area is 138 Å². The molecule has 1 aromatic rings. The van der Waals surface area contributed by atoms with Crippen LogP contribution in [0.25, 0.3) is 0 Å². The maximum atomic E-state index is 13.3. The summed E-state index contributed by atoms with van der Waals surface area (Å²) in [6.45, 7) is 2.27. The second-order valence-corrected chi connectivity index (χ2v) is 7.84. The lowest BCUT2D eigenvalue weighted by Gasteiger charge is -2.31. The molecule has 2 rings (SSSR count). The van der Waals surface area contributed by atoms with E-state index in [2.05, 4.69) is 38.8 Å². The van der Waals surface area contributed by atoms with Crippen molar-refractivity contribution in [2.75, 3.05) is 0 Å². The average Bonchev–Trinajstić information content (AvgIpc) is 2.48. The van der Waals surface area contributed by atoms with Gasteiger partial charge in [0.05, 0.1) is 4.47 Å². The van der Waals surface area contributed by atoms with Gasteiger partial charge in [-0.05, 0) is 58.3 Å². The number of alkyl halides is 1. The molecular formula is C17H23Br2F. The Morgan fingerprint density at radius 1 is 1.25 bits per heavy atom. The third-order valence-corrected chi connectivity index (χ3v) is 6.42. The minimum atomic E-state index is -0.184. The van der Waals surface area contributed by atoms with E-state index in [1.54, 1.807) is 6.07 Å². The molecule has 0 saturated heterocycles. The van der Waals surface area contributed by atoms with Crippen molar-refractivity contribution in [1.82, 2.24) is 0 Å². The van der Waals surface area contributed by atoms with Gasteiger partial charge in [-0.1, -0.05) is 61.0 Å². The number of rotatable bonds is 5. The largest absolute Gasteiger partial charge is 0.206 e. The van der Waals surface area contributed by atoms with E-state index >= 15 is 0 Å². The Morgan fingerprint density at radius 2 is 1.95 bits per heavy atom. The highest BCUT2D eigenvalue weighted by molar-refractivity contribution is 9.10. The zero-order chi connectivity index (χ0) is 14.5. The van der Waals surface area contributed by atoms with Gasteiger partial charge in [-0.3, -0.25) is 0 Å². The predicted octanol–water partition coefficient (Wildman–Crippen LogP) is 7.02. The molecule has 1 atom stereocenters. The second kappa shape index (κ2) is 7.93. The van der Waals surface area contributed by atoms with Crippen molar-refractivity contribution in [2.24, 2.45) is 11.8 Å². The van der Waals surface area contributed by atoms with Gasteiger partial charge in [0.1, 0.15) is 5.82 Å². The van der Waals surface area contributed by atoms with Crippen molar-refractivity contribution in [3.63, 3.8) is 0 Å². The molecular weight excluding hydrogens is 383 g/mol. The van der Waals surface area contributed by atoms with Crippen LogP contribution in [0.2, 0.25) is 0 Å². The molecule has 3 heteroatoms. The Morgan fingerprint density at radius 3 is 2.55 bits per heavy atom. The first-order chi connectivity index (χ1) is 9.61. The summed E-state index contributed by atoms with van der Waals surface area (Å²) < 4.78 is 13.9. The third-order valence-electron chi connectivity index (χ3n) is 4.53. The smallest absolute Gasteiger partial charge is 0.137 e. The Hall–Kier alpha value is 0.110. The van der Waals surface area contributed by atoms with Crippen LogP contribution in [0.3, 0.4) is 0 Å². The highest BCUT2D eigenvalue weighted by atomic mass is 79.9. The van der Waals surface area contributed by atoms with Crippen LogP contribution in [-0.2, 0) is 0 Å². The van der Waals surface area contributed by atoms with Crippen LogP contribution in [0.5, 0.6) is 0 Å². The summed E-state index contributed by atoms with van der Waals surface area (Å²) in [5.74, 6) is 1.44. The maximum Gasteiger partial charge on any atom is 0.137 e. The zero-order valence-electron chi connectivity index (χ0n) is 12.0. The van der Waals surface area contributed by atoms with Crippen LogP contribution in [-0.4, -0.2) is 0 Å². The Balaban J connectivity index is 1.91. The average molecular weight is 406 g/mol. The number of unbranched alkanes of at least 4 members (excludes halogenated alkanes) is 1. The molecule has 1 fully saturated rings. The minimum absolute atomic E-state index is 0.184. The summed E-state index contributed by atoms with van der Waals surface area (Å²) in [6.07, 6.45) is 9.38. The summed E-state index contributed by atoms with van der Waals surface area (Å²) in [5, 5.41) is 0. The molecule has 20 heavy (non-hydrogen) atoms. The van der Waals surface area contributed by atoms with Crippen LogP contribution in [0, 0.1) is 17.7 Å². The van der Waals surface area contributed by atoms with E-state index in [0.717, 1.165) is 5.92 Å². The van der Waals surface area contributed by atoms with Crippen molar-refractivity contribution < 1.29 is 4.39 Å². The van der Waals surface area contributed by atoms with E-state index < -0.39 is 0 Å². The van der Waals surface area contributed by atoms with E-state index in [4.69, 9.17) is 0 Å². The minimum Gasteiger partial charge on any atom is -0.206 e. The molecule has 112 valence electrons. The maximum absolute atomic E-state index is 13.3. The third kappa shape index (κ3) is 4.30. The van der Waals surface area contributed by atoms with Crippen LogP contribution in [0.4, 0.5) is 4.39 Å². The Bertz CT molecular complexity index is 425. The molecule has 1 aliphatic carbocycles. The molecule has 0 N–H and O–H groups in total. The van der Waals surface area contributed by atoms with Gasteiger partial charge in [0, 0.05) is 4.83 Å². The van der Waals surface area contributed by atoms with Gasteiger partial charge in [0.15, 0.2) is 0 Å². The lowest BCUT2D eigenvalue weighted by Crippen LogP contribution is -2.18. The number of hydrogen-bond acceptors (Lipinski definition) is 0. The summed E-state index contributed by atoms with van der Waals surface area (Å²) in [6, 6.07) is 5.38. The lowest BCUT2D eigenvalue weighted by molar-refractivity contribution is 0.257. The van der Waals surface area contributed by atoms with Gasteiger partial charge in [0.2, 0.25) is 0 Å². The predicted molar refractivity (Wildman–Crippen MR) is 90.7 cm³/mol. The fourth-order valence-electron chi connectivity index (χ4n) is 3.22. The molecule has 0 radical (unpaired) electrons. The fraction of sp³-hybridized carbons (Fsp3) is 0.647. The fourth-order valence-corrected chi connectivity index (χ4v) is 4.43. The van der Waals surface area contributed by atoms with Gasteiger partial charge in [-0.2, -0.15) is 0 Å². The molecule has 0 heterocycles. The van der Waals surface area contributed by atoms with Crippen molar-refractivity contribution in [2.45, 2.75) is 56.7 Å². The highest BCUT2D eigenvalue weighted by Crippen LogP contribution is 2.43.